The highest BCUT2D eigenvalue weighted by molar-refractivity contribution is 6.30. The first-order chi connectivity index (χ1) is 22.8. The molecule has 242 valence electrons. The molecule has 3 unspecified atom stereocenters. The maximum Gasteiger partial charge on any atom is 0.261 e. The van der Waals surface area contributed by atoms with Gasteiger partial charge in [-0.05, 0) is 59.4 Å². The van der Waals surface area contributed by atoms with E-state index in [1.165, 1.54) is 4.90 Å². The van der Waals surface area contributed by atoms with E-state index < -0.39 is 11.9 Å². The van der Waals surface area contributed by atoms with E-state index in [0.717, 1.165) is 40.9 Å². The Labute approximate surface area is 279 Å². The first-order valence-electron chi connectivity index (χ1n) is 16.0. The molecule has 0 saturated carbocycles. The van der Waals surface area contributed by atoms with Crippen molar-refractivity contribution in [2.75, 3.05) is 19.6 Å². The number of rotatable bonds is 8. The molecule has 0 aromatic heterocycles. The summed E-state index contributed by atoms with van der Waals surface area (Å²) in [5, 5.41) is 21.6. The minimum Gasteiger partial charge on any atom is -0.392 e. The van der Waals surface area contributed by atoms with Crippen molar-refractivity contribution in [1.29, 1.82) is 0 Å². The molecule has 4 aromatic carbocycles. The molecule has 3 aliphatic heterocycles. The summed E-state index contributed by atoms with van der Waals surface area (Å²) in [5.41, 5.74) is 4.40. The molecule has 9 heteroatoms. The van der Waals surface area contributed by atoms with Crippen molar-refractivity contribution in [3.05, 3.63) is 141 Å². The van der Waals surface area contributed by atoms with Gasteiger partial charge in [-0.1, -0.05) is 84.4 Å². The summed E-state index contributed by atoms with van der Waals surface area (Å²) in [6.07, 6.45) is 0.908. The maximum atomic E-state index is 12.9. The molecule has 8 nitrogen and oxygen atoms in total. The van der Waals surface area contributed by atoms with E-state index in [0.29, 0.717) is 42.0 Å². The number of benzene rings is 4. The van der Waals surface area contributed by atoms with Crippen LogP contribution in [0.2, 0.25) is 5.02 Å². The van der Waals surface area contributed by atoms with Crippen LogP contribution in [0.25, 0.3) is 0 Å². The lowest BCUT2D eigenvalue weighted by Gasteiger charge is -2.42. The summed E-state index contributed by atoms with van der Waals surface area (Å²) in [5.74, 6) is -0.563. The minimum atomic E-state index is -0.883. The Morgan fingerprint density at radius 2 is 1.36 bits per heavy atom. The summed E-state index contributed by atoms with van der Waals surface area (Å²) >= 11 is 6.07. The molecule has 0 spiro atoms. The first kappa shape index (κ1) is 31.7. The second kappa shape index (κ2) is 13.3. The predicted molar refractivity (Wildman–Crippen MR) is 177 cm³/mol. The molecule has 2 saturated heterocycles. The lowest BCUT2D eigenvalue weighted by molar-refractivity contribution is -0.253. The number of ether oxygens (including phenoxy) is 2. The number of amides is 2. The maximum absolute atomic E-state index is 12.9. The fraction of sp³-hybridized carbons (Fsp3) is 0.316. The van der Waals surface area contributed by atoms with Gasteiger partial charge in [0.1, 0.15) is 0 Å². The van der Waals surface area contributed by atoms with Crippen molar-refractivity contribution in [2.45, 2.75) is 56.5 Å². The largest absolute Gasteiger partial charge is 0.392 e. The van der Waals surface area contributed by atoms with Gasteiger partial charge in [-0.3, -0.25) is 14.5 Å². The Hall–Kier alpha value is -3.89. The highest BCUT2D eigenvalue weighted by Gasteiger charge is 2.38. The number of hydrogen-bond acceptors (Lipinski definition) is 7. The summed E-state index contributed by atoms with van der Waals surface area (Å²) in [7, 11) is 0. The number of fused-ring (bicyclic) bond motifs is 1. The van der Waals surface area contributed by atoms with Crippen LogP contribution >= 0.6 is 11.6 Å². The number of carbonyl (C=O) groups excluding carboxylic acids is 2. The molecule has 3 aliphatic rings. The fourth-order valence-electron chi connectivity index (χ4n) is 6.82. The van der Waals surface area contributed by atoms with Crippen LogP contribution < -0.4 is 0 Å². The van der Waals surface area contributed by atoms with Gasteiger partial charge in [0.2, 0.25) is 0 Å². The van der Waals surface area contributed by atoms with Crippen molar-refractivity contribution in [2.24, 2.45) is 0 Å². The molecule has 0 bridgehead atoms. The van der Waals surface area contributed by atoms with E-state index in [1.54, 1.807) is 24.3 Å². The molecule has 47 heavy (non-hydrogen) atoms. The highest BCUT2D eigenvalue weighted by atomic mass is 35.5. The number of aliphatic hydroxyl groups excluding tert-OH is 1. The number of aliphatic hydroxyl groups is 2. The van der Waals surface area contributed by atoms with Crippen LogP contribution in [0, 0.1) is 0 Å². The van der Waals surface area contributed by atoms with Crippen molar-refractivity contribution in [3.63, 3.8) is 0 Å². The minimum absolute atomic E-state index is 0.0233. The van der Waals surface area contributed by atoms with Crippen LogP contribution in [0.15, 0.2) is 97.1 Å². The molecule has 3 atom stereocenters. The van der Waals surface area contributed by atoms with Gasteiger partial charge in [0.15, 0.2) is 6.29 Å². The number of carbonyl (C=O) groups is 2. The van der Waals surface area contributed by atoms with Crippen LogP contribution in [0.1, 0.15) is 80.2 Å². The number of hydrogen-bond donors (Lipinski definition) is 2. The smallest absolute Gasteiger partial charge is 0.261 e. The molecule has 3 heterocycles. The normalized spacial score (nSPS) is 22.8. The third kappa shape index (κ3) is 6.63. The predicted octanol–water partition coefficient (Wildman–Crippen LogP) is 6.16. The van der Waals surface area contributed by atoms with Gasteiger partial charge in [-0.2, -0.15) is 0 Å². The Balaban J connectivity index is 1.05. The van der Waals surface area contributed by atoms with Crippen LogP contribution in [0.5, 0.6) is 0 Å². The van der Waals surface area contributed by atoms with Crippen LogP contribution in [-0.4, -0.2) is 57.6 Å². The molecule has 2 N–H and O–H groups in total. The number of imide groups is 1. The highest BCUT2D eigenvalue weighted by Crippen LogP contribution is 2.40. The number of likely N-dealkylation sites (tertiary alicyclic amines) is 1. The van der Waals surface area contributed by atoms with Crippen LogP contribution in [0.3, 0.4) is 0 Å². The van der Waals surface area contributed by atoms with Crippen molar-refractivity contribution in [1.82, 2.24) is 9.80 Å². The van der Waals surface area contributed by atoms with Crippen LogP contribution in [-0.2, 0) is 28.2 Å². The zero-order valence-corrected chi connectivity index (χ0v) is 26.7. The lowest BCUT2D eigenvalue weighted by Crippen LogP contribution is -2.46. The first-order valence-corrected chi connectivity index (χ1v) is 16.4. The van der Waals surface area contributed by atoms with Gasteiger partial charge in [-0.25, -0.2) is 0 Å². The number of halogens is 1. The topological polar surface area (TPSA) is 99.5 Å². The molecule has 2 amide bonds. The van der Waals surface area contributed by atoms with Crippen molar-refractivity contribution >= 4 is 23.4 Å². The van der Waals surface area contributed by atoms with E-state index in [9.17, 15) is 19.8 Å². The van der Waals surface area contributed by atoms with Gasteiger partial charge in [0.05, 0.1) is 42.1 Å². The second-order valence-electron chi connectivity index (χ2n) is 12.7. The Kier molecular flexibility index (Phi) is 8.98. The molecule has 4 aromatic rings. The molecular weight excluding hydrogens is 616 g/mol. The van der Waals surface area contributed by atoms with E-state index in [4.69, 9.17) is 21.1 Å². The third-order valence-electron chi connectivity index (χ3n) is 9.61. The van der Waals surface area contributed by atoms with E-state index >= 15 is 0 Å². The third-order valence-corrected chi connectivity index (χ3v) is 9.86. The number of piperidine rings is 1. The molecular formula is C38H37ClN2O6. The summed E-state index contributed by atoms with van der Waals surface area (Å²) in [6.45, 7) is 2.31. The molecule has 2 fully saturated rings. The molecule has 7 rings (SSSR count). The Bertz CT molecular complexity index is 1700. The molecule has 0 aliphatic carbocycles. The summed E-state index contributed by atoms with van der Waals surface area (Å²) < 4.78 is 13.1. The monoisotopic (exact) mass is 652 g/mol. The zero-order valence-electron chi connectivity index (χ0n) is 25.9. The van der Waals surface area contributed by atoms with Gasteiger partial charge in [0, 0.05) is 36.6 Å². The van der Waals surface area contributed by atoms with Crippen LogP contribution in [0.4, 0.5) is 0 Å². The average molecular weight is 653 g/mol. The van der Waals surface area contributed by atoms with Crippen molar-refractivity contribution in [3.8, 4) is 0 Å². The van der Waals surface area contributed by atoms with E-state index in [-0.39, 0.29) is 37.2 Å². The average Bonchev–Trinajstić information content (AvgIpc) is 3.34. The van der Waals surface area contributed by atoms with Gasteiger partial charge < -0.3 is 24.6 Å². The Morgan fingerprint density at radius 1 is 0.766 bits per heavy atom. The van der Waals surface area contributed by atoms with Gasteiger partial charge in [-0.15, -0.1) is 0 Å². The number of nitrogens with zero attached hydrogens (tertiary/aromatic N) is 2. The van der Waals surface area contributed by atoms with E-state index in [2.05, 4.69) is 4.90 Å². The van der Waals surface area contributed by atoms with E-state index in [1.807, 2.05) is 72.8 Å². The lowest BCUT2D eigenvalue weighted by atomic mass is 9.84. The fourth-order valence-corrected chi connectivity index (χ4v) is 6.95. The summed E-state index contributed by atoms with van der Waals surface area (Å²) in [4.78, 5) is 29.4. The quantitative estimate of drug-likeness (QED) is 0.220. The van der Waals surface area contributed by atoms with Gasteiger partial charge in [0.25, 0.3) is 11.8 Å². The molecule has 0 radical (unpaired) electrons. The second-order valence-corrected chi connectivity index (χ2v) is 13.1. The standard InChI is InChI=1S/C38H37ClN2O6/c39-30-15-13-29(14-16-30)38(45)17-19-40(20-18-38)23-31-21-34(27-9-7-26(24-42)8-10-27)47-37(46-31)28-11-5-25(6-12-28)22-41-35(43)32-3-1-2-4-33(32)36(41)44/h1-16,31,34,37,42,45H,17-24H2. The van der Waals surface area contributed by atoms with Gasteiger partial charge >= 0.3 is 0 Å². The summed E-state index contributed by atoms with van der Waals surface area (Å²) in [6, 6.07) is 29.8. The van der Waals surface area contributed by atoms with Crippen molar-refractivity contribution < 1.29 is 29.3 Å². The SMILES string of the molecule is O=C1c2ccccc2C(=O)N1Cc1ccc(C2OC(CN3CCC(O)(c4ccc(Cl)cc4)CC3)CC(c3ccc(CO)cc3)O2)cc1. The Morgan fingerprint density at radius 3 is 1.98 bits per heavy atom. The zero-order chi connectivity index (χ0) is 32.5.